The highest BCUT2D eigenvalue weighted by atomic mass is 32.1. The molecule has 0 saturated heterocycles. The molecule has 3 aromatic rings. The highest BCUT2D eigenvalue weighted by Gasteiger charge is 2.22. The van der Waals surface area contributed by atoms with Crippen LogP contribution < -0.4 is 9.47 Å². The number of aryl methyl sites for hydroxylation is 2. The molecule has 0 N–H and O–H groups in total. The number of hydrogen-bond acceptors (Lipinski definition) is 5. The zero-order valence-electron chi connectivity index (χ0n) is 11.6. The molecule has 0 spiro atoms. The number of thiophene rings is 1. The molecule has 0 amide bonds. The highest BCUT2D eigenvalue weighted by molar-refractivity contribution is 7.18. The quantitative estimate of drug-likeness (QED) is 0.733. The molecule has 0 radical (unpaired) electrons. The van der Waals surface area contributed by atoms with Gasteiger partial charge in [0.25, 0.3) is 0 Å². The maximum atomic E-state index is 5.97. The molecule has 0 bridgehead atoms. The summed E-state index contributed by atoms with van der Waals surface area (Å²) in [6.45, 7) is 0. The summed E-state index contributed by atoms with van der Waals surface area (Å²) in [5.74, 6) is 2.23. The number of benzene rings is 1. The summed E-state index contributed by atoms with van der Waals surface area (Å²) >= 11 is 1.77. The lowest BCUT2D eigenvalue weighted by Crippen LogP contribution is -1.91. The minimum absolute atomic E-state index is 0.657. The van der Waals surface area contributed by atoms with E-state index in [1.807, 2.05) is 24.3 Å². The van der Waals surface area contributed by atoms with Crippen LogP contribution >= 0.6 is 11.3 Å². The van der Waals surface area contributed by atoms with Crippen LogP contribution in [0.25, 0.3) is 10.2 Å². The van der Waals surface area contributed by atoms with Crippen molar-refractivity contribution in [3.05, 3.63) is 41.0 Å². The van der Waals surface area contributed by atoms with E-state index in [2.05, 4.69) is 9.97 Å². The Hall–Kier alpha value is -2.14. The van der Waals surface area contributed by atoms with Gasteiger partial charge in [0.05, 0.1) is 12.5 Å². The molecule has 2 heterocycles. The zero-order chi connectivity index (χ0) is 14.2. The third-order valence-corrected chi connectivity index (χ3v) is 4.94. The Bertz CT molecular complexity index is 796. The Morgan fingerprint density at radius 3 is 2.67 bits per heavy atom. The largest absolute Gasteiger partial charge is 0.497 e. The van der Waals surface area contributed by atoms with Crippen LogP contribution in [-0.2, 0) is 12.8 Å². The summed E-state index contributed by atoms with van der Waals surface area (Å²) < 4.78 is 11.1. The van der Waals surface area contributed by atoms with Gasteiger partial charge in [0.15, 0.2) is 0 Å². The molecular formula is C16H14N2O2S. The van der Waals surface area contributed by atoms with Crippen LogP contribution in [-0.4, -0.2) is 17.1 Å². The molecule has 4 nitrogen and oxygen atoms in total. The van der Waals surface area contributed by atoms with Crippen LogP contribution in [0.1, 0.15) is 16.9 Å². The van der Waals surface area contributed by atoms with Crippen molar-refractivity contribution in [2.45, 2.75) is 19.3 Å². The monoisotopic (exact) mass is 298 g/mol. The van der Waals surface area contributed by atoms with E-state index in [4.69, 9.17) is 9.47 Å². The van der Waals surface area contributed by atoms with Crippen LogP contribution in [0, 0.1) is 0 Å². The number of rotatable bonds is 3. The maximum absolute atomic E-state index is 5.97. The van der Waals surface area contributed by atoms with Crippen molar-refractivity contribution in [2.24, 2.45) is 0 Å². The lowest BCUT2D eigenvalue weighted by molar-refractivity contribution is 0.412. The lowest BCUT2D eigenvalue weighted by Gasteiger charge is -2.07. The maximum Gasteiger partial charge on any atom is 0.231 e. The molecule has 1 aliphatic carbocycles. The van der Waals surface area contributed by atoms with E-state index in [0.29, 0.717) is 5.88 Å². The van der Waals surface area contributed by atoms with E-state index in [1.165, 1.54) is 16.9 Å². The van der Waals surface area contributed by atoms with Crippen LogP contribution in [0.4, 0.5) is 0 Å². The Labute approximate surface area is 126 Å². The molecule has 0 saturated carbocycles. The molecule has 1 aliphatic rings. The van der Waals surface area contributed by atoms with Gasteiger partial charge in [0.1, 0.15) is 22.7 Å². The molecule has 4 rings (SSSR count). The van der Waals surface area contributed by atoms with Gasteiger partial charge in [-0.15, -0.1) is 11.3 Å². The summed E-state index contributed by atoms with van der Waals surface area (Å²) in [5, 5.41) is 1.09. The predicted molar refractivity (Wildman–Crippen MR) is 82.5 cm³/mol. The molecule has 106 valence electrons. The van der Waals surface area contributed by atoms with E-state index in [1.54, 1.807) is 24.8 Å². The Morgan fingerprint density at radius 1 is 1.05 bits per heavy atom. The molecule has 0 fully saturated rings. The van der Waals surface area contributed by atoms with Crippen molar-refractivity contribution < 1.29 is 9.47 Å². The Kier molecular flexibility index (Phi) is 3.00. The molecule has 0 aliphatic heterocycles. The van der Waals surface area contributed by atoms with E-state index in [9.17, 15) is 0 Å². The van der Waals surface area contributed by atoms with Crippen LogP contribution in [0.5, 0.6) is 17.4 Å². The fraction of sp³-hybridized carbons (Fsp3) is 0.250. The van der Waals surface area contributed by atoms with Gasteiger partial charge in [0, 0.05) is 4.88 Å². The van der Waals surface area contributed by atoms with Crippen molar-refractivity contribution in [1.82, 2.24) is 9.97 Å². The van der Waals surface area contributed by atoms with E-state index < -0.39 is 0 Å². The molecular weight excluding hydrogens is 284 g/mol. The topological polar surface area (TPSA) is 44.2 Å². The standard InChI is InChI=1S/C16H14N2O2S/c1-19-10-5-7-11(8-6-10)20-15-14-12-3-2-4-13(12)21-16(14)18-9-17-15/h5-9H,2-4H2,1H3. The molecule has 0 atom stereocenters. The first-order valence-electron chi connectivity index (χ1n) is 6.92. The predicted octanol–water partition coefficient (Wildman–Crippen LogP) is 3.98. The van der Waals surface area contributed by atoms with Crippen LogP contribution in [0.3, 0.4) is 0 Å². The average molecular weight is 298 g/mol. The fourth-order valence-corrected chi connectivity index (χ4v) is 3.95. The van der Waals surface area contributed by atoms with Crippen molar-refractivity contribution in [2.75, 3.05) is 7.11 Å². The number of nitrogens with zero attached hydrogens (tertiary/aromatic N) is 2. The highest BCUT2D eigenvalue weighted by Crippen LogP contribution is 2.40. The molecule has 21 heavy (non-hydrogen) atoms. The smallest absolute Gasteiger partial charge is 0.231 e. The SMILES string of the molecule is COc1ccc(Oc2ncnc3sc4c(c23)CCC4)cc1. The number of fused-ring (bicyclic) bond motifs is 3. The van der Waals surface area contributed by atoms with Gasteiger partial charge in [-0.3, -0.25) is 0 Å². The van der Waals surface area contributed by atoms with Crippen molar-refractivity contribution >= 4 is 21.6 Å². The number of hydrogen-bond donors (Lipinski definition) is 0. The van der Waals surface area contributed by atoms with Crippen molar-refractivity contribution in [1.29, 1.82) is 0 Å². The van der Waals surface area contributed by atoms with Gasteiger partial charge in [-0.05, 0) is 49.1 Å². The first-order valence-corrected chi connectivity index (χ1v) is 7.74. The van der Waals surface area contributed by atoms with Gasteiger partial charge in [0.2, 0.25) is 5.88 Å². The summed E-state index contributed by atoms with van der Waals surface area (Å²) in [6.07, 6.45) is 5.04. The number of ether oxygens (including phenoxy) is 2. The summed E-state index contributed by atoms with van der Waals surface area (Å²) in [7, 11) is 1.65. The fourth-order valence-electron chi connectivity index (χ4n) is 2.73. The second kappa shape index (κ2) is 5.00. The Balaban J connectivity index is 1.75. The Morgan fingerprint density at radius 2 is 1.86 bits per heavy atom. The zero-order valence-corrected chi connectivity index (χ0v) is 12.4. The first-order chi connectivity index (χ1) is 10.3. The number of methoxy groups -OCH3 is 1. The minimum atomic E-state index is 0.657. The van der Waals surface area contributed by atoms with E-state index >= 15 is 0 Å². The van der Waals surface area contributed by atoms with Gasteiger partial charge in [-0.2, -0.15) is 0 Å². The normalized spacial score (nSPS) is 13.4. The number of aromatic nitrogens is 2. The lowest BCUT2D eigenvalue weighted by atomic mass is 10.2. The molecule has 2 aromatic heterocycles. The third kappa shape index (κ3) is 2.14. The van der Waals surface area contributed by atoms with Gasteiger partial charge >= 0.3 is 0 Å². The average Bonchev–Trinajstić information content (AvgIpc) is 3.09. The second-order valence-corrected chi connectivity index (χ2v) is 6.08. The summed E-state index contributed by atoms with van der Waals surface area (Å²) in [4.78, 5) is 11.2. The van der Waals surface area contributed by atoms with Crippen molar-refractivity contribution in [3.8, 4) is 17.4 Å². The molecule has 1 aromatic carbocycles. The molecule has 5 heteroatoms. The van der Waals surface area contributed by atoms with E-state index in [0.717, 1.165) is 34.6 Å². The summed E-state index contributed by atoms with van der Waals surface area (Å²) in [5.41, 5.74) is 1.37. The summed E-state index contributed by atoms with van der Waals surface area (Å²) in [6, 6.07) is 7.54. The van der Waals surface area contributed by atoms with Crippen molar-refractivity contribution in [3.63, 3.8) is 0 Å². The first kappa shape index (κ1) is 12.6. The minimum Gasteiger partial charge on any atom is -0.497 e. The second-order valence-electron chi connectivity index (χ2n) is 4.99. The third-order valence-electron chi connectivity index (χ3n) is 3.74. The van der Waals surface area contributed by atoms with Gasteiger partial charge in [-0.1, -0.05) is 0 Å². The molecule has 0 unspecified atom stereocenters. The van der Waals surface area contributed by atoms with Gasteiger partial charge < -0.3 is 9.47 Å². The van der Waals surface area contributed by atoms with Crippen LogP contribution in [0.2, 0.25) is 0 Å². The van der Waals surface area contributed by atoms with Crippen LogP contribution in [0.15, 0.2) is 30.6 Å². The van der Waals surface area contributed by atoms with E-state index in [-0.39, 0.29) is 0 Å². The van der Waals surface area contributed by atoms with Gasteiger partial charge in [-0.25, -0.2) is 9.97 Å².